The van der Waals surface area contributed by atoms with Crippen molar-refractivity contribution < 1.29 is 36.9 Å². The van der Waals surface area contributed by atoms with Gasteiger partial charge in [0.15, 0.2) is 11.5 Å². The van der Waals surface area contributed by atoms with Crippen molar-refractivity contribution in [3.8, 4) is 23.0 Å². The molecule has 4 aromatic carbocycles. The molecule has 2 N–H and O–H groups in total. The van der Waals surface area contributed by atoms with Crippen LogP contribution >= 0.6 is 7.26 Å². The van der Waals surface area contributed by atoms with Crippen molar-refractivity contribution in [1.29, 1.82) is 0 Å². The standard InChI is InChI=1S/C28H25O5P.ClH/c1-32-25-18-23(29)26(28(33-2)27(25)31)24(30)19-34(20-12-6-3-7-13-20,21-14-8-4-9-15-21)22-16-10-5-11-17-22;/h3-18H,19H2,1-2H3,(H-,29,30,31);1H. The Bertz CT molecular complexity index is 1180. The number of aromatic hydroxyl groups is 2. The molecular formula is C28H26ClO5P. The van der Waals surface area contributed by atoms with Gasteiger partial charge in [0.25, 0.3) is 0 Å². The highest BCUT2D eigenvalue weighted by Crippen LogP contribution is 2.56. The minimum absolute atomic E-state index is 0. The highest BCUT2D eigenvalue weighted by atomic mass is 35.5. The molecule has 0 amide bonds. The monoisotopic (exact) mass is 508 g/mol. The first-order chi connectivity index (χ1) is 16.5. The summed E-state index contributed by atoms with van der Waals surface area (Å²) in [5.74, 6) is -1.04. The molecular weight excluding hydrogens is 483 g/mol. The highest BCUT2D eigenvalue weighted by Gasteiger charge is 2.48. The van der Waals surface area contributed by atoms with E-state index in [0.717, 1.165) is 15.9 Å². The minimum atomic E-state index is -2.49. The SMILES string of the molecule is COc1cc(O)c(C(=O)C[P+](c2ccccc2)(c2ccccc2)c2ccccc2)c(OC)c1O.[Cl-]. The van der Waals surface area contributed by atoms with E-state index in [4.69, 9.17) is 9.47 Å². The van der Waals surface area contributed by atoms with E-state index in [1.807, 2.05) is 91.0 Å². The van der Waals surface area contributed by atoms with Gasteiger partial charge < -0.3 is 32.1 Å². The number of hydrogen-bond acceptors (Lipinski definition) is 5. The lowest BCUT2D eigenvalue weighted by Gasteiger charge is -2.27. The molecule has 0 saturated heterocycles. The van der Waals surface area contributed by atoms with Crippen LogP contribution in [0.15, 0.2) is 97.1 Å². The normalized spacial score (nSPS) is 10.8. The Morgan fingerprint density at radius 3 is 1.54 bits per heavy atom. The molecule has 35 heavy (non-hydrogen) atoms. The minimum Gasteiger partial charge on any atom is -1.00 e. The Morgan fingerprint density at radius 1 is 0.743 bits per heavy atom. The second kappa shape index (κ2) is 11.3. The lowest BCUT2D eigenvalue weighted by molar-refractivity contribution is -0.0000173. The number of rotatable bonds is 8. The van der Waals surface area contributed by atoms with E-state index in [1.54, 1.807) is 0 Å². The van der Waals surface area contributed by atoms with E-state index in [9.17, 15) is 15.0 Å². The molecule has 0 radical (unpaired) electrons. The zero-order valence-electron chi connectivity index (χ0n) is 19.4. The summed E-state index contributed by atoms with van der Waals surface area (Å²) in [5.41, 5.74) is -0.0621. The molecule has 4 aromatic rings. The number of carbonyl (C=O) groups excluding carboxylic acids is 1. The summed E-state index contributed by atoms with van der Waals surface area (Å²) in [6.45, 7) is 0. The van der Waals surface area contributed by atoms with Gasteiger partial charge in [-0.1, -0.05) is 54.6 Å². The summed E-state index contributed by atoms with van der Waals surface area (Å²) in [6.07, 6.45) is 0.0979. The van der Waals surface area contributed by atoms with Gasteiger partial charge in [-0.25, -0.2) is 0 Å². The predicted octanol–water partition coefficient (Wildman–Crippen LogP) is 1.30. The van der Waals surface area contributed by atoms with Crippen LogP contribution in [0.2, 0.25) is 0 Å². The van der Waals surface area contributed by atoms with Crippen molar-refractivity contribution in [2.75, 3.05) is 20.4 Å². The third-order valence-electron chi connectivity index (χ3n) is 5.87. The number of ether oxygens (including phenoxy) is 2. The number of Topliss-reactive ketones (excluding diaryl/α,β-unsaturated/α-hetero) is 1. The summed E-state index contributed by atoms with van der Waals surface area (Å²) < 4.78 is 10.5. The molecule has 0 atom stereocenters. The van der Waals surface area contributed by atoms with Gasteiger partial charge in [-0.2, -0.15) is 0 Å². The van der Waals surface area contributed by atoms with Crippen molar-refractivity contribution in [2.24, 2.45) is 0 Å². The molecule has 0 aromatic heterocycles. The van der Waals surface area contributed by atoms with Gasteiger partial charge in [-0.3, -0.25) is 4.79 Å². The molecule has 0 aliphatic carbocycles. The van der Waals surface area contributed by atoms with Gasteiger partial charge in [0, 0.05) is 6.07 Å². The molecule has 180 valence electrons. The van der Waals surface area contributed by atoms with Gasteiger partial charge in [0.05, 0.1) is 14.2 Å². The van der Waals surface area contributed by atoms with Gasteiger partial charge in [0.2, 0.25) is 11.5 Å². The van der Waals surface area contributed by atoms with Crippen LogP contribution in [0.1, 0.15) is 10.4 Å². The summed E-state index contributed by atoms with van der Waals surface area (Å²) in [5, 5.41) is 24.5. The summed E-state index contributed by atoms with van der Waals surface area (Å²) in [4.78, 5) is 14.0. The van der Waals surface area contributed by atoms with E-state index < -0.39 is 7.26 Å². The zero-order valence-corrected chi connectivity index (χ0v) is 21.0. The first-order valence-corrected chi connectivity index (χ1v) is 12.8. The van der Waals surface area contributed by atoms with Crippen molar-refractivity contribution in [3.63, 3.8) is 0 Å². The Morgan fingerprint density at radius 2 is 1.17 bits per heavy atom. The molecule has 4 rings (SSSR count). The highest BCUT2D eigenvalue weighted by molar-refractivity contribution is 7.96. The molecule has 5 nitrogen and oxygen atoms in total. The number of methoxy groups -OCH3 is 2. The summed E-state index contributed by atoms with van der Waals surface area (Å²) in [6, 6.07) is 31.2. The molecule has 0 unspecified atom stereocenters. The Hall–Kier alpha value is -3.53. The maximum Gasteiger partial charge on any atom is 0.208 e. The molecule has 0 fully saturated rings. The van der Waals surface area contributed by atoms with Crippen LogP contribution in [0, 0.1) is 0 Å². The fourth-order valence-corrected chi connectivity index (χ4v) is 8.37. The second-order valence-corrected chi connectivity index (χ2v) is 11.2. The largest absolute Gasteiger partial charge is 1.00 e. The van der Waals surface area contributed by atoms with Crippen molar-refractivity contribution in [1.82, 2.24) is 0 Å². The zero-order chi connectivity index (χ0) is 24.1. The molecule has 0 aliphatic rings. The topological polar surface area (TPSA) is 76.0 Å². The number of halogens is 1. The molecule has 0 heterocycles. The van der Waals surface area contributed by atoms with Crippen LogP contribution in [0.5, 0.6) is 23.0 Å². The van der Waals surface area contributed by atoms with Gasteiger partial charge in [0.1, 0.15) is 40.7 Å². The Labute approximate surface area is 211 Å². The van der Waals surface area contributed by atoms with E-state index in [-0.39, 0.29) is 52.9 Å². The summed E-state index contributed by atoms with van der Waals surface area (Å²) >= 11 is 0. The van der Waals surface area contributed by atoms with E-state index >= 15 is 0 Å². The first-order valence-electron chi connectivity index (χ1n) is 10.8. The number of phenolic OH excluding ortho intramolecular Hbond substituents is 2. The van der Waals surface area contributed by atoms with Gasteiger partial charge >= 0.3 is 0 Å². The van der Waals surface area contributed by atoms with Crippen molar-refractivity contribution in [3.05, 3.63) is 103 Å². The van der Waals surface area contributed by atoms with Crippen molar-refractivity contribution in [2.45, 2.75) is 0 Å². The quantitative estimate of drug-likeness (QED) is 0.213. The number of hydrogen-bond donors (Lipinski definition) is 2. The third kappa shape index (κ3) is 4.84. The van der Waals surface area contributed by atoms with E-state index in [1.165, 1.54) is 20.3 Å². The van der Waals surface area contributed by atoms with Gasteiger partial charge in [-0.05, 0) is 36.4 Å². The molecule has 0 bridgehead atoms. The van der Waals surface area contributed by atoms with Crippen LogP contribution in [-0.2, 0) is 0 Å². The molecule has 0 aliphatic heterocycles. The summed E-state index contributed by atoms with van der Waals surface area (Å²) in [7, 11) is 0.225. The average molecular weight is 509 g/mol. The Kier molecular flexibility index (Phi) is 8.39. The van der Waals surface area contributed by atoms with E-state index in [0.29, 0.717) is 0 Å². The first kappa shape index (κ1) is 26.1. The fraction of sp³-hybridized carbons (Fsp3) is 0.107. The maximum atomic E-state index is 14.0. The number of ketones is 1. The van der Waals surface area contributed by atoms with Crippen LogP contribution in [-0.4, -0.2) is 36.4 Å². The maximum absolute atomic E-state index is 14.0. The number of carbonyl (C=O) groups is 1. The molecule has 7 heteroatoms. The number of benzene rings is 4. The van der Waals surface area contributed by atoms with Crippen LogP contribution < -0.4 is 37.8 Å². The molecule has 0 spiro atoms. The van der Waals surface area contributed by atoms with Crippen LogP contribution in [0.3, 0.4) is 0 Å². The Balaban J connectivity index is 0.00000342. The van der Waals surface area contributed by atoms with Crippen molar-refractivity contribution >= 4 is 29.0 Å². The number of phenols is 2. The van der Waals surface area contributed by atoms with Crippen LogP contribution in [0.25, 0.3) is 0 Å². The second-order valence-electron chi connectivity index (χ2n) is 7.75. The predicted molar refractivity (Wildman–Crippen MR) is 137 cm³/mol. The third-order valence-corrected chi connectivity index (χ3v) is 10.2. The molecule has 0 saturated carbocycles. The lowest BCUT2D eigenvalue weighted by atomic mass is 10.1. The van der Waals surface area contributed by atoms with Gasteiger partial charge in [-0.15, -0.1) is 0 Å². The van der Waals surface area contributed by atoms with Crippen LogP contribution in [0.4, 0.5) is 0 Å². The fourth-order valence-electron chi connectivity index (χ4n) is 4.30. The average Bonchev–Trinajstić information content (AvgIpc) is 2.89. The lowest BCUT2D eigenvalue weighted by Crippen LogP contribution is -3.00. The van der Waals surface area contributed by atoms with E-state index in [2.05, 4.69) is 0 Å². The smallest absolute Gasteiger partial charge is 0.208 e.